The van der Waals surface area contributed by atoms with Crippen LogP contribution in [-0.2, 0) is 9.53 Å². The fraction of sp³-hybridized carbons (Fsp3) is 0.286. The number of nitrogens with zero attached hydrogens (tertiary/aromatic N) is 2. The Bertz CT molecular complexity index is 709. The SMILES string of the molecule is O=C1NC(=O)/C(=C\c2ccc(N3CCOCC3)c([N+](=O)[O-])c2)N1. The number of nitrogens with one attached hydrogen (secondary N) is 2. The van der Waals surface area contributed by atoms with Crippen LogP contribution in [0, 0.1) is 10.1 Å². The third-order valence-electron chi connectivity index (χ3n) is 3.58. The minimum Gasteiger partial charge on any atom is -0.378 e. The highest BCUT2D eigenvalue weighted by Gasteiger charge is 2.24. The van der Waals surface area contributed by atoms with Gasteiger partial charge >= 0.3 is 6.03 Å². The minimum absolute atomic E-state index is 0.0500. The number of nitro groups is 1. The van der Waals surface area contributed by atoms with Crippen LogP contribution in [0.4, 0.5) is 16.2 Å². The first kappa shape index (κ1) is 15.0. The molecule has 1 aromatic carbocycles. The van der Waals surface area contributed by atoms with Gasteiger partial charge in [0.25, 0.3) is 11.6 Å². The molecule has 2 aliphatic rings. The Kier molecular flexibility index (Phi) is 3.94. The highest BCUT2D eigenvalue weighted by atomic mass is 16.6. The molecule has 0 radical (unpaired) electrons. The fourth-order valence-electron chi connectivity index (χ4n) is 2.50. The van der Waals surface area contributed by atoms with Crippen molar-refractivity contribution in [2.75, 3.05) is 31.2 Å². The molecule has 0 aromatic heterocycles. The molecule has 0 bridgehead atoms. The third-order valence-corrected chi connectivity index (χ3v) is 3.58. The van der Waals surface area contributed by atoms with Crippen LogP contribution in [0.5, 0.6) is 0 Å². The summed E-state index contributed by atoms with van der Waals surface area (Å²) in [5.74, 6) is -0.560. The molecule has 9 heteroatoms. The Morgan fingerprint density at radius 2 is 1.96 bits per heavy atom. The van der Waals surface area contributed by atoms with E-state index in [1.807, 2.05) is 4.90 Å². The maximum absolute atomic E-state index is 11.5. The van der Waals surface area contributed by atoms with Crippen LogP contribution in [-0.4, -0.2) is 43.2 Å². The standard InChI is InChI=1S/C14H14N4O5/c19-13-10(15-14(20)16-13)7-9-1-2-11(12(8-9)18(21)22)17-3-5-23-6-4-17/h1-2,7-8H,3-6H2,(H2,15,16,19,20)/b10-7+. The number of anilines is 1. The first-order valence-electron chi connectivity index (χ1n) is 7.00. The highest BCUT2D eigenvalue weighted by molar-refractivity contribution is 6.14. The van der Waals surface area contributed by atoms with Crippen molar-refractivity contribution in [3.05, 3.63) is 39.6 Å². The number of hydrogen-bond donors (Lipinski definition) is 2. The summed E-state index contributed by atoms with van der Waals surface area (Å²) in [5.41, 5.74) is 0.982. The number of carbonyl (C=O) groups excluding carboxylic acids is 2. The van der Waals surface area contributed by atoms with E-state index in [-0.39, 0.29) is 11.4 Å². The summed E-state index contributed by atoms with van der Waals surface area (Å²) in [6.45, 7) is 2.21. The van der Waals surface area contributed by atoms with Gasteiger partial charge in [0.1, 0.15) is 11.4 Å². The van der Waals surface area contributed by atoms with Gasteiger partial charge < -0.3 is 15.0 Å². The van der Waals surface area contributed by atoms with E-state index in [2.05, 4.69) is 10.6 Å². The van der Waals surface area contributed by atoms with Crippen molar-refractivity contribution in [1.29, 1.82) is 0 Å². The molecule has 2 saturated heterocycles. The summed E-state index contributed by atoms with van der Waals surface area (Å²) in [5, 5.41) is 15.8. The van der Waals surface area contributed by atoms with E-state index in [9.17, 15) is 19.7 Å². The average molecular weight is 318 g/mol. The van der Waals surface area contributed by atoms with Crippen molar-refractivity contribution < 1.29 is 19.2 Å². The van der Waals surface area contributed by atoms with Gasteiger partial charge in [-0.3, -0.25) is 20.2 Å². The average Bonchev–Trinajstić information content (AvgIpc) is 2.85. The lowest BCUT2D eigenvalue weighted by atomic mass is 10.1. The molecule has 2 N–H and O–H groups in total. The van der Waals surface area contributed by atoms with Crippen molar-refractivity contribution in [2.45, 2.75) is 0 Å². The Labute approximate surface area is 131 Å². The summed E-state index contributed by atoms with van der Waals surface area (Å²) in [7, 11) is 0. The van der Waals surface area contributed by atoms with Crippen molar-refractivity contribution in [2.24, 2.45) is 0 Å². The molecule has 3 amide bonds. The van der Waals surface area contributed by atoms with Crippen molar-refractivity contribution in [3.8, 4) is 0 Å². The molecule has 1 aromatic rings. The number of morpholine rings is 1. The van der Waals surface area contributed by atoms with E-state index in [1.54, 1.807) is 12.1 Å². The Hall–Kier alpha value is -2.94. The van der Waals surface area contributed by atoms with Gasteiger partial charge in [-0.15, -0.1) is 0 Å². The topological polar surface area (TPSA) is 114 Å². The van der Waals surface area contributed by atoms with Gasteiger partial charge in [0, 0.05) is 19.2 Å². The van der Waals surface area contributed by atoms with E-state index in [0.717, 1.165) is 0 Å². The first-order valence-corrected chi connectivity index (χ1v) is 7.00. The van der Waals surface area contributed by atoms with Gasteiger partial charge in [-0.1, -0.05) is 6.07 Å². The number of urea groups is 1. The molecule has 3 rings (SSSR count). The molecular formula is C14H14N4O5. The number of benzene rings is 1. The minimum atomic E-state index is -0.610. The van der Waals surface area contributed by atoms with Crippen molar-refractivity contribution >= 4 is 29.4 Å². The van der Waals surface area contributed by atoms with Gasteiger partial charge in [-0.25, -0.2) is 4.79 Å². The molecule has 0 aliphatic carbocycles. The van der Waals surface area contributed by atoms with Gasteiger partial charge in [-0.05, 0) is 17.7 Å². The summed E-state index contributed by atoms with van der Waals surface area (Å²) in [6.07, 6.45) is 1.40. The van der Waals surface area contributed by atoms with Crippen molar-refractivity contribution in [1.82, 2.24) is 10.6 Å². The molecule has 2 heterocycles. The summed E-state index contributed by atoms with van der Waals surface area (Å²) in [6, 6.07) is 4.09. The molecule has 9 nitrogen and oxygen atoms in total. The highest BCUT2D eigenvalue weighted by Crippen LogP contribution is 2.30. The zero-order valence-electron chi connectivity index (χ0n) is 12.1. The summed E-state index contributed by atoms with van der Waals surface area (Å²) < 4.78 is 5.25. The lowest BCUT2D eigenvalue weighted by molar-refractivity contribution is -0.384. The van der Waals surface area contributed by atoms with Crippen LogP contribution in [0.25, 0.3) is 6.08 Å². The van der Waals surface area contributed by atoms with Crippen LogP contribution in [0.15, 0.2) is 23.9 Å². The van der Waals surface area contributed by atoms with E-state index in [1.165, 1.54) is 12.1 Å². The predicted molar refractivity (Wildman–Crippen MR) is 80.8 cm³/mol. The molecule has 0 unspecified atom stereocenters. The maximum atomic E-state index is 11.5. The molecule has 0 atom stereocenters. The maximum Gasteiger partial charge on any atom is 0.326 e. The fourth-order valence-corrected chi connectivity index (χ4v) is 2.50. The smallest absolute Gasteiger partial charge is 0.326 e. The Morgan fingerprint density at radius 3 is 2.57 bits per heavy atom. The van der Waals surface area contributed by atoms with E-state index < -0.39 is 16.9 Å². The van der Waals surface area contributed by atoms with Crippen molar-refractivity contribution in [3.63, 3.8) is 0 Å². The zero-order valence-corrected chi connectivity index (χ0v) is 12.1. The lowest BCUT2D eigenvalue weighted by Gasteiger charge is -2.28. The predicted octanol–water partition coefficient (Wildman–Crippen LogP) is 0.612. The first-order chi connectivity index (χ1) is 11.0. The van der Waals surface area contributed by atoms with Crippen LogP contribution in [0.3, 0.4) is 0 Å². The Balaban J connectivity index is 1.93. The molecule has 23 heavy (non-hydrogen) atoms. The van der Waals surface area contributed by atoms with Crippen LogP contribution < -0.4 is 15.5 Å². The van der Waals surface area contributed by atoms with Gasteiger partial charge in [0.05, 0.1) is 18.1 Å². The molecule has 2 aliphatic heterocycles. The zero-order chi connectivity index (χ0) is 16.4. The van der Waals surface area contributed by atoms with E-state index >= 15 is 0 Å². The van der Waals surface area contributed by atoms with Crippen LogP contribution >= 0.6 is 0 Å². The van der Waals surface area contributed by atoms with E-state index in [4.69, 9.17) is 4.74 Å². The number of amides is 3. The molecule has 0 spiro atoms. The number of carbonyl (C=O) groups is 2. The summed E-state index contributed by atoms with van der Waals surface area (Å²) >= 11 is 0. The number of rotatable bonds is 3. The number of nitro benzene ring substituents is 1. The number of hydrogen-bond acceptors (Lipinski definition) is 6. The number of imide groups is 1. The largest absolute Gasteiger partial charge is 0.378 e. The van der Waals surface area contributed by atoms with E-state index in [0.29, 0.717) is 37.6 Å². The molecule has 0 saturated carbocycles. The van der Waals surface area contributed by atoms with Crippen LogP contribution in [0.1, 0.15) is 5.56 Å². The van der Waals surface area contributed by atoms with Gasteiger partial charge in [0.15, 0.2) is 0 Å². The molecule has 2 fully saturated rings. The van der Waals surface area contributed by atoms with Gasteiger partial charge in [0.2, 0.25) is 0 Å². The Morgan fingerprint density at radius 1 is 1.22 bits per heavy atom. The second-order valence-corrected chi connectivity index (χ2v) is 5.07. The molecular weight excluding hydrogens is 304 g/mol. The third kappa shape index (κ3) is 3.14. The quantitative estimate of drug-likeness (QED) is 0.365. The van der Waals surface area contributed by atoms with Crippen LogP contribution in [0.2, 0.25) is 0 Å². The second-order valence-electron chi connectivity index (χ2n) is 5.07. The monoisotopic (exact) mass is 318 g/mol. The summed E-state index contributed by atoms with van der Waals surface area (Å²) in [4.78, 5) is 35.4. The van der Waals surface area contributed by atoms with Gasteiger partial charge in [-0.2, -0.15) is 0 Å². The lowest BCUT2D eigenvalue weighted by Crippen LogP contribution is -2.36. The normalized spacial score (nSPS) is 19.7. The number of ether oxygens (including phenoxy) is 1. The second kappa shape index (κ2) is 6.05. The molecule has 120 valence electrons.